The Bertz CT molecular complexity index is 888. The Morgan fingerprint density at radius 2 is 1.81 bits per heavy atom. The third-order valence-electron chi connectivity index (χ3n) is 3.52. The third kappa shape index (κ3) is 4.41. The Balaban J connectivity index is 2.04. The van der Waals surface area contributed by atoms with Crippen LogP contribution in [0.2, 0.25) is 0 Å². The number of hydrogen-bond donors (Lipinski definition) is 3. The molecule has 0 spiro atoms. The molecule has 2 rings (SSSR count). The Morgan fingerprint density at radius 1 is 1.15 bits per heavy atom. The average molecular weight is 356 g/mol. The largest absolute Gasteiger partial charge is 0.507 e. The molecule has 9 nitrogen and oxygen atoms in total. The van der Waals surface area contributed by atoms with E-state index in [-0.39, 0.29) is 17.0 Å². The monoisotopic (exact) mass is 356 g/mol. The van der Waals surface area contributed by atoms with E-state index in [1.807, 2.05) is 11.5 Å². The van der Waals surface area contributed by atoms with Gasteiger partial charge in [0, 0.05) is 23.4 Å². The van der Waals surface area contributed by atoms with Crippen LogP contribution in [0.4, 0.5) is 11.4 Å². The van der Waals surface area contributed by atoms with Crippen LogP contribution in [0.5, 0.6) is 5.75 Å². The molecule has 2 amide bonds. The predicted molar refractivity (Wildman–Crippen MR) is 95.0 cm³/mol. The van der Waals surface area contributed by atoms with Crippen LogP contribution in [0.25, 0.3) is 0 Å². The van der Waals surface area contributed by atoms with E-state index in [0.29, 0.717) is 5.69 Å². The summed E-state index contributed by atoms with van der Waals surface area (Å²) in [6, 6.07) is 8.77. The Kier molecular flexibility index (Phi) is 5.63. The fourth-order valence-corrected chi connectivity index (χ4v) is 2.15. The van der Waals surface area contributed by atoms with Gasteiger partial charge in [-0.3, -0.25) is 19.7 Å². The van der Waals surface area contributed by atoms with Gasteiger partial charge in [0.2, 0.25) is 0 Å². The molecule has 0 saturated heterocycles. The molecule has 2 aromatic rings. The molecule has 0 unspecified atom stereocenters. The zero-order valence-electron chi connectivity index (χ0n) is 14.0. The first-order valence-corrected chi connectivity index (χ1v) is 7.47. The SMILES string of the molecule is Cc1cccc(C)c1NC(=O)C(=O)N/N=C\c1cc([N+](=O)[O-])ccc1O. The molecule has 0 aromatic heterocycles. The normalized spacial score (nSPS) is 10.5. The first-order chi connectivity index (χ1) is 12.3. The van der Waals surface area contributed by atoms with Crippen molar-refractivity contribution in [3.63, 3.8) is 0 Å². The van der Waals surface area contributed by atoms with Crippen molar-refractivity contribution < 1.29 is 19.6 Å². The summed E-state index contributed by atoms with van der Waals surface area (Å²) in [4.78, 5) is 33.8. The van der Waals surface area contributed by atoms with Gasteiger partial charge in [-0.1, -0.05) is 18.2 Å². The van der Waals surface area contributed by atoms with Gasteiger partial charge in [-0.15, -0.1) is 0 Å². The lowest BCUT2D eigenvalue weighted by molar-refractivity contribution is -0.384. The van der Waals surface area contributed by atoms with E-state index >= 15 is 0 Å². The highest BCUT2D eigenvalue weighted by Gasteiger charge is 2.15. The van der Waals surface area contributed by atoms with E-state index in [1.165, 1.54) is 0 Å². The topological polar surface area (TPSA) is 134 Å². The Morgan fingerprint density at radius 3 is 2.42 bits per heavy atom. The molecule has 0 atom stereocenters. The highest BCUT2D eigenvalue weighted by Crippen LogP contribution is 2.21. The van der Waals surface area contributed by atoms with Crippen molar-refractivity contribution in [2.75, 3.05) is 5.32 Å². The number of hydrazone groups is 1. The van der Waals surface area contributed by atoms with E-state index in [2.05, 4.69) is 10.4 Å². The summed E-state index contributed by atoms with van der Waals surface area (Å²) in [6.45, 7) is 3.59. The minimum Gasteiger partial charge on any atom is -0.507 e. The molecule has 3 N–H and O–H groups in total. The standard InChI is InChI=1S/C17H16N4O5/c1-10-4-3-5-11(2)15(10)19-16(23)17(24)20-18-9-12-8-13(21(25)26)6-7-14(12)22/h3-9,22H,1-2H3,(H,19,23)(H,20,24)/b18-9-. The molecule has 0 heterocycles. The minimum atomic E-state index is -1.02. The van der Waals surface area contributed by atoms with Gasteiger partial charge in [-0.05, 0) is 31.0 Å². The molecule has 0 fully saturated rings. The Hall–Kier alpha value is -3.75. The fraction of sp³-hybridized carbons (Fsp3) is 0.118. The molecule has 9 heteroatoms. The van der Waals surface area contributed by atoms with Crippen LogP contribution in [0.1, 0.15) is 16.7 Å². The number of carbonyl (C=O) groups excluding carboxylic acids is 2. The number of non-ortho nitro benzene ring substituents is 1. The molecular formula is C17H16N4O5. The van der Waals surface area contributed by atoms with E-state index in [9.17, 15) is 24.8 Å². The highest BCUT2D eigenvalue weighted by atomic mass is 16.6. The summed E-state index contributed by atoms with van der Waals surface area (Å²) in [5.74, 6) is -2.19. The van der Waals surface area contributed by atoms with E-state index in [0.717, 1.165) is 35.5 Å². The Labute approximate surface area is 148 Å². The summed E-state index contributed by atoms with van der Waals surface area (Å²) in [7, 11) is 0. The number of nitrogens with one attached hydrogen (secondary N) is 2. The maximum atomic E-state index is 11.9. The van der Waals surface area contributed by atoms with Crippen molar-refractivity contribution in [2.24, 2.45) is 5.10 Å². The first-order valence-electron chi connectivity index (χ1n) is 7.47. The number of anilines is 1. The zero-order valence-corrected chi connectivity index (χ0v) is 14.0. The molecule has 26 heavy (non-hydrogen) atoms. The molecule has 0 bridgehead atoms. The van der Waals surface area contributed by atoms with Crippen molar-refractivity contribution in [1.29, 1.82) is 0 Å². The van der Waals surface area contributed by atoms with Gasteiger partial charge in [-0.2, -0.15) is 5.10 Å². The third-order valence-corrected chi connectivity index (χ3v) is 3.52. The number of nitro groups is 1. The maximum absolute atomic E-state index is 11.9. The lowest BCUT2D eigenvalue weighted by atomic mass is 10.1. The molecule has 0 aliphatic rings. The molecule has 0 radical (unpaired) electrons. The number of phenols is 1. The molecule has 2 aromatic carbocycles. The maximum Gasteiger partial charge on any atom is 0.329 e. The lowest BCUT2D eigenvalue weighted by Gasteiger charge is -2.10. The van der Waals surface area contributed by atoms with Crippen LogP contribution in [0.3, 0.4) is 0 Å². The van der Waals surface area contributed by atoms with Crippen LogP contribution in [-0.4, -0.2) is 28.1 Å². The van der Waals surface area contributed by atoms with Gasteiger partial charge in [0.15, 0.2) is 0 Å². The minimum absolute atomic E-state index is 0.0228. The van der Waals surface area contributed by atoms with Crippen molar-refractivity contribution in [1.82, 2.24) is 5.43 Å². The number of aryl methyl sites for hydroxylation is 2. The molecule has 0 aliphatic heterocycles. The van der Waals surface area contributed by atoms with Crippen LogP contribution >= 0.6 is 0 Å². The zero-order chi connectivity index (χ0) is 19.3. The number of phenolic OH excluding ortho intramolecular Hbond substituents is 1. The second-order valence-electron chi connectivity index (χ2n) is 5.42. The number of nitrogens with zero attached hydrogens (tertiary/aromatic N) is 2. The van der Waals surface area contributed by atoms with Gasteiger partial charge in [0.1, 0.15) is 5.75 Å². The smallest absolute Gasteiger partial charge is 0.329 e. The van der Waals surface area contributed by atoms with Crippen molar-refractivity contribution in [3.05, 3.63) is 63.2 Å². The number of hydrogen-bond acceptors (Lipinski definition) is 6. The predicted octanol–water partition coefficient (Wildman–Crippen LogP) is 2.01. The quantitative estimate of drug-likeness (QED) is 0.333. The number of amides is 2. The second-order valence-corrected chi connectivity index (χ2v) is 5.42. The summed E-state index contributed by atoms with van der Waals surface area (Å²) in [5, 5.41) is 26.4. The van der Waals surface area contributed by atoms with Gasteiger partial charge in [-0.25, -0.2) is 5.43 Å². The van der Waals surface area contributed by atoms with Crippen LogP contribution < -0.4 is 10.7 Å². The van der Waals surface area contributed by atoms with E-state index < -0.39 is 16.7 Å². The van der Waals surface area contributed by atoms with Crippen molar-refractivity contribution in [3.8, 4) is 5.75 Å². The van der Waals surface area contributed by atoms with E-state index in [1.54, 1.807) is 26.0 Å². The van der Waals surface area contributed by atoms with Gasteiger partial charge in [0.05, 0.1) is 11.1 Å². The highest BCUT2D eigenvalue weighted by molar-refractivity contribution is 6.39. The number of para-hydroxylation sites is 1. The summed E-state index contributed by atoms with van der Waals surface area (Å²) in [5.41, 5.74) is 3.92. The molecular weight excluding hydrogens is 340 g/mol. The van der Waals surface area contributed by atoms with Gasteiger partial charge < -0.3 is 10.4 Å². The first kappa shape index (κ1) is 18.6. The summed E-state index contributed by atoms with van der Waals surface area (Å²) >= 11 is 0. The molecule has 0 saturated carbocycles. The van der Waals surface area contributed by atoms with Crippen molar-refractivity contribution >= 4 is 29.4 Å². The van der Waals surface area contributed by atoms with Crippen LogP contribution in [0, 0.1) is 24.0 Å². The number of aromatic hydroxyl groups is 1. The van der Waals surface area contributed by atoms with Crippen LogP contribution in [0.15, 0.2) is 41.5 Å². The van der Waals surface area contributed by atoms with E-state index in [4.69, 9.17) is 0 Å². The molecule has 134 valence electrons. The van der Waals surface area contributed by atoms with Gasteiger partial charge >= 0.3 is 11.8 Å². The average Bonchev–Trinajstić information content (AvgIpc) is 2.59. The summed E-state index contributed by atoms with van der Waals surface area (Å²) < 4.78 is 0. The lowest BCUT2D eigenvalue weighted by Crippen LogP contribution is -2.32. The summed E-state index contributed by atoms with van der Waals surface area (Å²) in [6.07, 6.45) is 1.01. The number of carbonyl (C=O) groups is 2. The van der Waals surface area contributed by atoms with Gasteiger partial charge in [0.25, 0.3) is 5.69 Å². The fourth-order valence-electron chi connectivity index (χ4n) is 2.15. The van der Waals surface area contributed by atoms with Crippen LogP contribution in [-0.2, 0) is 9.59 Å². The second kappa shape index (κ2) is 7.88. The van der Waals surface area contributed by atoms with Crippen molar-refractivity contribution in [2.45, 2.75) is 13.8 Å². The molecule has 0 aliphatic carbocycles. The number of rotatable bonds is 4. The number of nitro benzene ring substituents is 1. The number of benzene rings is 2.